The molecule has 1 atom stereocenters. The van der Waals surface area contributed by atoms with Gasteiger partial charge in [0.25, 0.3) is 0 Å². The molecular weight excluding hydrogens is 287 g/mol. The van der Waals surface area contributed by atoms with E-state index in [2.05, 4.69) is 10.6 Å². The Bertz CT molecular complexity index is 500. The molecule has 8 heteroatoms. The number of urea groups is 1. The van der Waals surface area contributed by atoms with Crippen LogP contribution in [0.25, 0.3) is 0 Å². The molecule has 0 bridgehead atoms. The zero-order valence-electron chi connectivity index (χ0n) is 11.3. The molecule has 21 heavy (non-hydrogen) atoms. The Hall–Kier alpha value is -2.25. The Morgan fingerprint density at radius 2 is 1.81 bits per heavy atom. The Kier molecular flexibility index (Phi) is 5.57. The summed E-state index contributed by atoms with van der Waals surface area (Å²) in [6.45, 7) is 1.72. The third-order valence-corrected chi connectivity index (χ3v) is 2.75. The van der Waals surface area contributed by atoms with Crippen molar-refractivity contribution in [2.24, 2.45) is 5.73 Å². The molecule has 0 aromatic heterocycles. The standard InChI is InChI=1S/C13H16F3N3O2/c1-8(19-12(17)21)11(20)18-7-6-9-2-4-10(5-3-9)13(14,15)16/h2-5,8H,6-7H2,1H3,(H,18,20)(H3,17,19,21)/t8-/m0/s1. The number of hydrogen-bond donors (Lipinski definition) is 3. The van der Waals surface area contributed by atoms with E-state index in [0.717, 1.165) is 12.1 Å². The predicted molar refractivity (Wildman–Crippen MR) is 70.3 cm³/mol. The molecule has 0 unspecified atom stereocenters. The highest BCUT2D eigenvalue weighted by atomic mass is 19.4. The summed E-state index contributed by atoms with van der Waals surface area (Å²) in [7, 11) is 0. The van der Waals surface area contributed by atoms with Gasteiger partial charge in [-0.2, -0.15) is 13.2 Å². The second-order valence-corrected chi connectivity index (χ2v) is 4.47. The molecule has 0 spiro atoms. The molecule has 0 aliphatic rings. The van der Waals surface area contributed by atoms with Gasteiger partial charge >= 0.3 is 12.2 Å². The van der Waals surface area contributed by atoms with E-state index >= 15 is 0 Å². The van der Waals surface area contributed by atoms with Crippen molar-refractivity contribution in [3.63, 3.8) is 0 Å². The summed E-state index contributed by atoms with van der Waals surface area (Å²) >= 11 is 0. The van der Waals surface area contributed by atoms with Gasteiger partial charge in [0.05, 0.1) is 5.56 Å². The quantitative estimate of drug-likeness (QED) is 0.768. The van der Waals surface area contributed by atoms with Crippen LogP contribution in [-0.4, -0.2) is 24.5 Å². The maximum absolute atomic E-state index is 12.4. The van der Waals surface area contributed by atoms with Crippen LogP contribution in [0.5, 0.6) is 0 Å². The molecule has 0 fully saturated rings. The second-order valence-electron chi connectivity index (χ2n) is 4.47. The first-order valence-electron chi connectivity index (χ1n) is 6.20. The summed E-state index contributed by atoms with van der Waals surface area (Å²) in [5.41, 5.74) is 4.83. The van der Waals surface area contributed by atoms with E-state index in [1.165, 1.54) is 19.1 Å². The first-order chi connectivity index (χ1) is 9.70. The van der Waals surface area contributed by atoms with Crippen molar-refractivity contribution >= 4 is 11.9 Å². The van der Waals surface area contributed by atoms with Crippen LogP contribution in [0, 0.1) is 0 Å². The molecule has 0 aliphatic carbocycles. The zero-order valence-corrected chi connectivity index (χ0v) is 11.3. The number of nitrogens with one attached hydrogen (secondary N) is 2. The van der Waals surface area contributed by atoms with Gasteiger partial charge in [-0.1, -0.05) is 12.1 Å². The van der Waals surface area contributed by atoms with Gasteiger partial charge in [0.1, 0.15) is 6.04 Å². The van der Waals surface area contributed by atoms with Crippen LogP contribution in [0.15, 0.2) is 24.3 Å². The molecule has 4 N–H and O–H groups in total. The second kappa shape index (κ2) is 6.96. The highest BCUT2D eigenvalue weighted by Crippen LogP contribution is 2.29. The summed E-state index contributed by atoms with van der Waals surface area (Å²) in [6, 6.07) is 3.14. The smallest absolute Gasteiger partial charge is 0.354 e. The minimum atomic E-state index is -4.36. The predicted octanol–water partition coefficient (Wildman–Crippen LogP) is 1.42. The summed E-state index contributed by atoms with van der Waals surface area (Å²) in [5, 5.41) is 4.77. The van der Waals surface area contributed by atoms with Gasteiger partial charge < -0.3 is 16.4 Å². The van der Waals surface area contributed by atoms with E-state index in [0.29, 0.717) is 12.0 Å². The fourth-order valence-electron chi connectivity index (χ4n) is 1.62. The number of hydrogen-bond acceptors (Lipinski definition) is 2. The number of nitrogens with two attached hydrogens (primary N) is 1. The van der Waals surface area contributed by atoms with E-state index in [-0.39, 0.29) is 6.54 Å². The maximum atomic E-state index is 12.4. The maximum Gasteiger partial charge on any atom is 0.416 e. The van der Waals surface area contributed by atoms with E-state index in [1.54, 1.807) is 0 Å². The van der Waals surface area contributed by atoms with Crippen molar-refractivity contribution in [1.29, 1.82) is 0 Å². The summed E-state index contributed by atoms with van der Waals surface area (Å²) in [6.07, 6.45) is -3.98. The molecule has 0 saturated carbocycles. The van der Waals surface area contributed by atoms with Crippen LogP contribution in [0.2, 0.25) is 0 Å². The summed E-state index contributed by atoms with van der Waals surface area (Å²) in [4.78, 5) is 22.1. The van der Waals surface area contributed by atoms with Crippen molar-refractivity contribution < 1.29 is 22.8 Å². The number of carbonyl (C=O) groups excluding carboxylic acids is 2. The average Bonchev–Trinajstić information content (AvgIpc) is 2.37. The summed E-state index contributed by atoms with van der Waals surface area (Å²) in [5.74, 6) is -0.416. The van der Waals surface area contributed by atoms with Crippen LogP contribution in [0.1, 0.15) is 18.1 Å². The molecule has 1 aromatic rings. The molecule has 0 radical (unpaired) electrons. The van der Waals surface area contributed by atoms with Gasteiger partial charge in [-0.25, -0.2) is 4.79 Å². The van der Waals surface area contributed by atoms with Gasteiger partial charge in [-0.15, -0.1) is 0 Å². The van der Waals surface area contributed by atoms with E-state index in [1.807, 2.05) is 0 Å². The van der Waals surface area contributed by atoms with Gasteiger partial charge in [0.15, 0.2) is 0 Å². The largest absolute Gasteiger partial charge is 0.416 e. The number of halogens is 3. The molecule has 0 aliphatic heterocycles. The molecule has 5 nitrogen and oxygen atoms in total. The number of alkyl halides is 3. The zero-order chi connectivity index (χ0) is 16.0. The molecular formula is C13H16F3N3O2. The van der Waals surface area contributed by atoms with Gasteiger partial charge in [0.2, 0.25) is 5.91 Å². The van der Waals surface area contributed by atoms with Crippen LogP contribution in [0.3, 0.4) is 0 Å². The lowest BCUT2D eigenvalue weighted by Crippen LogP contribution is -2.47. The monoisotopic (exact) mass is 303 g/mol. The van der Waals surface area contributed by atoms with Crippen molar-refractivity contribution in [1.82, 2.24) is 10.6 Å². The normalized spacial score (nSPS) is 12.6. The molecule has 1 rings (SSSR count). The van der Waals surface area contributed by atoms with Crippen molar-refractivity contribution in [2.75, 3.05) is 6.54 Å². The van der Waals surface area contributed by atoms with Crippen LogP contribution in [-0.2, 0) is 17.4 Å². The van der Waals surface area contributed by atoms with Crippen molar-refractivity contribution in [3.05, 3.63) is 35.4 Å². The van der Waals surface area contributed by atoms with Crippen LogP contribution in [0.4, 0.5) is 18.0 Å². The van der Waals surface area contributed by atoms with Gasteiger partial charge in [-0.05, 0) is 31.0 Å². The highest BCUT2D eigenvalue weighted by molar-refractivity contribution is 5.86. The molecule has 0 saturated heterocycles. The van der Waals surface area contributed by atoms with Gasteiger partial charge in [-0.3, -0.25) is 4.79 Å². The third-order valence-electron chi connectivity index (χ3n) is 2.75. The molecule has 3 amide bonds. The lowest BCUT2D eigenvalue weighted by molar-refractivity contribution is -0.137. The minimum Gasteiger partial charge on any atom is -0.354 e. The first kappa shape index (κ1) is 16.8. The summed E-state index contributed by atoms with van der Waals surface area (Å²) < 4.78 is 37.1. The number of primary amides is 1. The fourth-order valence-corrected chi connectivity index (χ4v) is 1.62. The van der Waals surface area contributed by atoms with E-state index in [9.17, 15) is 22.8 Å². The van der Waals surface area contributed by atoms with E-state index < -0.39 is 29.7 Å². The minimum absolute atomic E-state index is 0.245. The Labute approximate surface area is 119 Å². The van der Waals surface area contributed by atoms with Crippen LogP contribution >= 0.6 is 0 Å². The third kappa shape index (κ3) is 5.72. The Balaban J connectivity index is 2.42. The lowest BCUT2D eigenvalue weighted by atomic mass is 10.1. The molecule has 1 aromatic carbocycles. The topological polar surface area (TPSA) is 84.2 Å². The average molecular weight is 303 g/mol. The Morgan fingerprint density at radius 1 is 1.24 bits per heavy atom. The molecule has 116 valence electrons. The van der Waals surface area contributed by atoms with Crippen molar-refractivity contribution in [2.45, 2.75) is 25.6 Å². The Morgan fingerprint density at radius 3 is 2.29 bits per heavy atom. The fraction of sp³-hybridized carbons (Fsp3) is 0.385. The van der Waals surface area contributed by atoms with E-state index in [4.69, 9.17) is 5.73 Å². The molecule has 0 heterocycles. The van der Waals surface area contributed by atoms with Gasteiger partial charge in [0, 0.05) is 6.54 Å². The SMILES string of the molecule is C[C@H](NC(N)=O)C(=O)NCCc1ccc(C(F)(F)F)cc1. The first-order valence-corrected chi connectivity index (χ1v) is 6.20. The number of amides is 3. The number of carbonyl (C=O) groups is 2. The number of benzene rings is 1. The lowest BCUT2D eigenvalue weighted by Gasteiger charge is -2.12. The van der Waals surface area contributed by atoms with Crippen molar-refractivity contribution in [3.8, 4) is 0 Å². The number of rotatable bonds is 5. The van der Waals surface area contributed by atoms with Crippen LogP contribution < -0.4 is 16.4 Å². The highest BCUT2D eigenvalue weighted by Gasteiger charge is 2.29.